The smallest absolute Gasteiger partial charge is 0.217 e. The predicted octanol–water partition coefficient (Wildman–Crippen LogP) is -1.95. The van der Waals surface area contributed by atoms with Gasteiger partial charge in [0.25, 0.3) is 0 Å². The van der Waals surface area contributed by atoms with Crippen LogP contribution in [0, 0.1) is 0 Å². The van der Waals surface area contributed by atoms with Crippen molar-refractivity contribution in [3.05, 3.63) is 12.5 Å². The fraction of sp³-hybridized carbons (Fsp3) is 0.800. The molecule has 0 spiro atoms. The largest absolute Gasteiger partial charge is 0.490 e. The van der Waals surface area contributed by atoms with Gasteiger partial charge in [0, 0.05) is 13.5 Å². The van der Waals surface area contributed by atoms with Crippen LogP contribution in [-0.2, 0) is 19.1 Å². The fourth-order valence-corrected chi connectivity index (χ4v) is 2.44. The molecule has 1 fully saturated rings. The quantitative estimate of drug-likeness (QED) is 0.233. The van der Waals surface area contributed by atoms with E-state index in [1.54, 1.807) is 6.92 Å². The Morgan fingerprint density at radius 2 is 2.04 bits per heavy atom. The van der Waals surface area contributed by atoms with Crippen LogP contribution in [-0.4, -0.2) is 87.8 Å². The summed E-state index contributed by atoms with van der Waals surface area (Å²) >= 11 is 0. The maximum absolute atomic E-state index is 11.3. The van der Waals surface area contributed by atoms with E-state index in [1.165, 1.54) is 18.2 Å². The van der Waals surface area contributed by atoms with Crippen LogP contribution in [0.5, 0.6) is 0 Å². The molecule has 0 aromatic heterocycles. The Kier molecular flexibility index (Phi) is 9.11. The van der Waals surface area contributed by atoms with Crippen LogP contribution in [0.3, 0.4) is 0 Å². The van der Waals surface area contributed by atoms with E-state index in [2.05, 4.69) is 5.32 Å². The summed E-state index contributed by atoms with van der Waals surface area (Å²) in [6.45, 7) is 4.78. The first-order chi connectivity index (χ1) is 11.8. The molecule has 1 amide bonds. The van der Waals surface area contributed by atoms with E-state index in [-0.39, 0.29) is 12.6 Å². The molecule has 0 radical (unpaired) electrons. The minimum absolute atomic E-state index is 0.0871. The fourth-order valence-electron chi connectivity index (χ4n) is 2.44. The normalized spacial score (nSPS) is 31.1. The molecule has 5 N–H and O–H groups in total. The van der Waals surface area contributed by atoms with Gasteiger partial charge in [-0.3, -0.25) is 4.79 Å². The molecule has 6 unspecified atom stereocenters. The molecule has 10 nitrogen and oxygen atoms in total. The van der Waals surface area contributed by atoms with Gasteiger partial charge in [0.1, 0.15) is 30.8 Å². The molecule has 25 heavy (non-hydrogen) atoms. The van der Waals surface area contributed by atoms with E-state index in [0.717, 1.165) is 6.26 Å². The Balaban J connectivity index is 2.74. The molecular formula is C15H28N2O8. The predicted molar refractivity (Wildman–Crippen MR) is 85.6 cm³/mol. The van der Waals surface area contributed by atoms with Crippen LogP contribution >= 0.6 is 0 Å². The van der Waals surface area contributed by atoms with E-state index in [0.29, 0.717) is 6.54 Å². The molecular weight excluding hydrogens is 336 g/mol. The number of nitrogens with zero attached hydrogens (tertiary/aromatic N) is 1. The third-order valence-electron chi connectivity index (χ3n) is 3.80. The maximum atomic E-state index is 11.3. The summed E-state index contributed by atoms with van der Waals surface area (Å²) < 4.78 is 10.5. The van der Waals surface area contributed by atoms with Gasteiger partial charge >= 0.3 is 0 Å². The zero-order valence-electron chi connectivity index (χ0n) is 14.6. The molecule has 0 bridgehead atoms. The first-order valence-electron chi connectivity index (χ1n) is 8.09. The van der Waals surface area contributed by atoms with Crippen molar-refractivity contribution in [3.63, 3.8) is 0 Å². The van der Waals surface area contributed by atoms with Gasteiger partial charge in [-0.05, 0) is 13.8 Å². The number of carbonyl (C=O) groups excluding carboxylic acids is 1. The number of hydrogen-bond acceptors (Lipinski definition) is 9. The van der Waals surface area contributed by atoms with Crippen molar-refractivity contribution in [1.29, 1.82) is 0 Å². The number of amides is 1. The lowest BCUT2D eigenvalue weighted by Crippen LogP contribution is -2.64. The first-order valence-corrected chi connectivity index (χ1v) is 8.09. The molecule has 10 heteroatoms. The van der Waals surface area contributed by atoms with Crippen molar-refractivity contribution in [1.82, 2.24) is 10.4 Å². The monoisotopic (exact) mass is 364 g/mol. The number of nitrogens with one attached hydrogen (secondary N) is 1. The third-order valence-corrected chi connectivity index (χ3v) is 3.80. The summed E-state index contributed by atoms with van der Waals surface area (Å²) in [5, 5.41) is 42.5. The Morgan fingerprint density at radius 1 is 1.36 bits per heavy atom. The van der Waals surface area contributed by atoms with Crippen LogP contribution in [0.25, 0.3) is 0 Å². The molecule has 146 valence electrons. The highest BCUT2D eigenvalue weighted by Gasteiger charge is 2.46. The Labute approximate surface area is 146 Å². The van der Waals surface area contributed by atoms with Gasteiger partial charge in [0.05, 0.1) is 19.3 Å². The molecule has 0 saturated carbocycles. The highest BCUT2D eigenvalue weighted by atomic mass is 16.7. The summed E-state index contributed by atoms with van der Waals surface area (Å²) in [7, 11) is 0. The van der Waals surface area contributed by atoms with Crippen LogP contribution < -0.4 is 5.32 Å². The summed E-state index contributed by atoms with van der Waals surface area (Å²) in [6, 6.07) is -1.25. The first kappa shape index (κ1) is 21.6. The van der Waals surface area contributed by atoms with E-state index in [9.17, 15) is 20.1 Å². The van der Waals surface area contributed by atoms with Crippen molar-refractivity contribution >= 4 is 5.91 Å². The lowest BCUT2D eigenvalue weighted by Gasteiger charge is -2.41. The maximum Gasteiger partial charge on any atom is 0.217 e. The number of aliphatic hydroxyl groups excluding tert-OH is 4. The van der Waals surface area contributed by atoms with Gasteiger partial charge in [-0.15, -0.1) is 5.06 Å². The Morgan fingerprint density at radius 3 is 2.56 bits per heavy atom. The average molecular weight is 364 g/mol. The zero-order valence-corrected chi connectivity index (χ0v) is 14.6. The third kappa shape index (κ3) is 6.10. The summed E-state index contributed by atoms with van der Waals surface area (Å²) in [5.74, 6) is -0.440. The Hall–Kier alpha value is -1.43. The SMILES string of the molecule is CCN(O/C=C/OC1C(O)C(CO)OC(O)C1NC(C)=O)C(C)CO. The van der Waals surface area contributed by atoms with Crippen molar-refractivity contribution in [2.45, 2.75) is 57.5 Å². The molecule has 1 aliphatic heterocycles. The minimum Gasteiger partial charge on any atom is -0.490 e. The number of hydrogen-bond donors (Lipinski definition) is 5. The minimum atomic E-state index is -1.45. The van der Waals surface area contributed by atoms with E-state index >= 15 is 0 Å². The van der Waals surface area contributed by atoms with Crippen LogP contribution in [0.1, 0.15) is 20.8 Å². The topological polar surface area (TPSA) is 141 Å². The van der Waals surface area contributed by atoms with Crippen molar-refractivity contribution < 1.29 is 39.5 Å². The zero-order chi connectivity index (χ0) is 19.0. The second kappa shape index (κ2) is 10.5. The lowest BCUT2D eigenvalue weighted by atomic mass is 9.97. The average Bonchev–Trinajstić information content (AvgIpc) is 2.58. The van der Waals surface area contributed by atoms with Crippen molar-refractivity contribution in [3.8, 4) is 0 Å². The number of rotatable bonds is 9. The van der Waals surface area contributed by atoms with Crippen molar-refractivity contribution in [2.24, 2.45) is 0 Å². The second-order valence-electron chi connectivity index (χ2n) is 5.71. The van der Waals surface area contributed by atoms with E-state index < -0.39 is 43.2 Å². The van der Waals surface area contributed by atoms with Crippen molar-refractivity contribution in [2.75, 3.05) is 19.8 Å². The molecule has 1 saturated heterocycles. The summed E-state index contributed by atoms with van der Waals surface area (Å²) in [4.78, 5) is 16.6. The number of carbonyl (C=O) groups is 1. The van der Waals surface area contributed by atoms with E-state index in [4.69, 9.17) is 19.4 Å². The van der Waals surface area contributed by atoms with Crippen LogP contribution in [0.15, 0.2) is 12.5 Å². The number of likely N-dealkylation sites (N-methyl/N-ethyl adjacent to an activating group) is 1. The molecule has 0 aromatic rings. The standard InChI is InChI=1S/C15H28N2O8/c1-4-17(9(2)7-18)24-6-5-23-14-12(16-10(3)20)15(22)25-11(8-19)13(14)21/h5-6,9,11-15,18-19,21-22H,4,7-8H2,1-3H3,(H,16,20)/b6-5+. The summed E-state index contributed by atoms with van der Waals surface area (Å²) in [5.41, 5.74) is 0. The van der Waals surface area contributed by atoms with Gasteiger partial charge in [0.15, 0.2) is 12.4 Å². The molecule has 0 aliphatic carbocycles. The van der Waals surface area contributed by atoms with Crippen LogP contribution in [0.4, 0.5) is 0 Å². The van der Waals surface area contributed by atoms with Gasteiger partial charge in [-0.25, -0.2) is 0 Å². The Bertz CT molecular complexity index is 436. The highest BCUT2D eigenvalue weighted by molar-refractivity contribution is 5.73. The van der Waals surface area contributed by atoms with Crippen LogP contribution in [0.2, 0.25) is 0 Å². The lowest BCUT2D eigenvalue weighted by molar-refractivity contribution is -0.255. The molecule has 6 atom stereocenters. The van der Waals surface area contributed by atoms with Gasteiger partial charge in [0.2, 0.25) is 5.91 Å². The molecule has 0 aromatic carbocycles. The number of ether oxygens (including phenoxy) is 2. The molecule has 1 rings (SSSR count). The van der Waals surface area contributed by atoms with Gasteiger partial charge in [-0.2, -0.15) is 0 Å². The number of hydroxylamine groups is 2. The van der Waals surface area contributed by atoms with E-state index in [1.807, 2.05) is 6.92 Å². The van der Waals surface area contributed by atoms with Gasteiger partial charge in [-0.1, -0.05) is 0 Å². The van der Waals surface area contributed by atoms with Gasteiger partial charge < -0.3 is 40.1 Å². The number of aliphatic hydroxyl groups is 4. The highest BCUT2D eigenvalue weighted by Crippen LogP contribution is 2.22. The second-order valence-corrected chi connectivity index (χ2v) is 5.71. The molecule has 1 heterocycles. The summed E-state index contributed by atoms with van der Waals surface area (Å²) in [6.07, 6.45) is -2.49. The molecule has 1 aliphatic rings.